The molecule has 0 spiro atoms. The van der Waals surface area contributed by atoms with Crippen molar-refractivity contribution in [2.75, 3.05) is 26.2 Å². The average Bonchev–Trinajstić information content (AvgIpc) is 1.64. The number of imide groups is 3. The van der Waals surface area contributed by atoms with Gasteiger partial charge in [-0.1, -0.05) is 37.1 Å². The lowest BCUT2D eigenvalue weighted by molar-refractivity contribution is -0.160. The molecule has 0 aromatic heterocycles. The van der Waals surface area contributed by atoms with Gasteiger partial charge in [-0.3, -0.25) is 4.79 Å². The first-order valence-electron chi connectivity index (χ1n) is 44.6. The van der Waals surface area contributed by atoms with Crippen molar-refractivity contribution < 1.29 is 144 Å². The number of alkyl carbamates (subject to hydrolysis) is 3. The molecule has 1 heterocycles. The number of aliphatic carboxylic acids is 2. The zero-order valence-electron chi connectivity index (χ0n) is 86.4. The van der Waals surface area contributed by atoms with Crippen LogP contribution in [-0.2, 0) is 80.6 Å². The fourth-order valence-corrected chi connectivity index (χ4v) is 11.5. The van der Waals surface area contributed by atoms with E-state index in [1.54, 1.807) is 267 Å². The van der Waals surface area contributed by atoms with Crippen LogP contribution in [0.2, 0.25) is 12.6 Å². The zero-order valence-corrected chi connectivity index (χ0v) is 86.4. The van der Waals surface area contributed by atoms with Gasteiger partial charge >= 0.3 is 93.0 Å². The molecule has 8 atom stereocenters. The number of rotatable bonds is 32. The number of esters is 2. The second kappa shape index (κ2) is 53.4. The van der Waals surface area contributed by atoms with Crippen molar-refractivity contribution in [3.63, 3.8) is 0 Å². The largest absolute Gasteiger partial charge is 0.480 e. The number of carboxylic acids is 2. The van der Waals surface area contributed by atoms with Gasteiger partial charge in [0.05, 0.1) is 11.2 Å². The standard InChI is InChI=1S/C33H61BN2O10.C27H48N2O8.C23H40N2O8.C8H19BN2O4/c1-28(2,3)41-24(37)23(35-25(38)42-29(4,5)6)22(18-17-20-34-45-32(13,14)33(15,16)46-34)19-21-36(26(39)43-30(7,8)9)27(40)44-31(10,11)12;1-14-15-18(19(20(30)34-24(2,3)4)28-21(31)35-25(5,6)7)16-17-29(22(32)36-26(8,9)10)23(33)37-27(11,12)13;1-11-12-15(16(17(26)27)24-18(28)31-21(2,3)4)13-14-25(19(29)32-22(5,6)7)20(30)33-23(8,9)10;10-5-3-6(7(11)8(12)13)2-1-4-9(14)15/h22-23H,17-21H2,1-16H3,(H,35,38);14-15,18-19H,16-17H2,1-13H3,(H,28,31);11-12,15-16H,13-14H2,1-10H3,(H,24,28)(H,26,27);6-7,14-15H,1-5,10-11H2,(H,12,13)/t22-,23+;18-,19+;15-,16+;6-,7+/m1111/s1. The molecular weight excluding hydrogens is 1710 g/mol. The second-order valence-corrected chi connectivity index (χ2v) is 43.8. The van der Waals surface area contributed by atoms with E-state index < -0.39 is 208 Å². The minimum Gasteiger partial charge on any atom is -0.480 e. The van der Waals surface area contributed by atoms with Crippen LogP contribution >= 0.6 is 0 Å². The molecule has 0 aromatic rings. The van der Waals surface area contributed by atoms with Gasteiger partial charge in [0.1, 0.15) is 85.8 Å². The van der Waals surface area contributed by atoms with Crippen molar-refractivity contribution in [2.24, 2.45) is 35.1 Å². The van der Waals surface area contributed by atoms with Gasteiger partial charge in [-0.05, 0) is 340 Å². The van der Waals surface area contributed by atoms with Gasteiger partial charge in [0.2, 0.25) is 0 Å². The van der Waals surface area contributed by atoms with Gasteiger partial charge in [0.15, 0.2) is 0 Å². The highest BCUT2D eigenvalue weighted by atomic mass is 16.7. The third-order valence-electron chi connectivity index (χ3n) is 17.3. The molecule has 758 valence electrons. The third-order valence-corrected chi connectivity index (χ3v) is 17.3. The molecule has 0 bridgehead atoms. The maximum Gasteiger partial charge on any atom is 0.457 e. The smallest absolute Gasteiger partial charge is 0.457 e. The van der Waals surface area contributed by atoms with Crippen molar-refractivity contribution in [3.05, 3.63) is 24.3 Å². The predicted molar refractivity (Wildman–Crippen MR) is 497 cm³/mol. The third kappa shape index (κ3) is 60.2. The quantitative estimate of drug-likeness (QED) is 0.0131. The number of carbonyl (C=O) groups excluding carboxylic acids is 11. The summed E-state index contributed by atoms with van der Waals surface area (Å²) in [5, 5.41) is 43.3. The van der Waals surface area contributed by atoms with E-state index in [-0.39, 0.29) is 51.1 Å². The molecule has 1 aliphatic rings. The molecule has 9 amide bonds. The van der Waals surface area contributed by atoms with Gasteiger partial charge < -0.3 is 109 Å². The number of hydrogen-bond acceptors (Lipinski definition) is 30. The molecule has 11 N–H and O–H groups in total. The van der Waals surface area contributed by atoms with Crippen LogP contribution in [0, 0.1) is 23.7 Å². The van der Waals surface area contributed by atoms with Gasteiger partial charge in [-0.15, -0.1) is 0 Å². The van der Waals surface area contributed by atoms with Crippen LogP contribution in [0.5, 0.6) is 0 Å². The average molecular weight is 1880 g/mol. The topological polar surface area (TPSA) is 521 Å². The van der Waals surface area contributed by atoms with E-state index >= 15 is 0 Å². The number of nitrogens with zero attached hydrogens (tertiary/aromatic N) is 3. The highest BCUT2D eigenvalue weighted by Crippen LogP contribution is 2.39. The Morgan fingerprint density at radius 3 is 0.885 bits per heavy atom. The Balaban J connectivity index is -0.00000176. The van der Waals surface area contributed by atoms with Crippen molar-refractivity contribution in [3.8, 4) is 0 Å². The van der Waals surface area contributed by atoms with E-state index in [0.29, 0.717) is 45.0 Å². The van der Waals surface area contributed by atoms with E-state index in [9.17, 15) is 67.4 Å². The van der Waals surface area contributed by atoms with Crippen LogP contribution in [-0.4, -0.2) is 251 Å². The Hall–Kier alpha value is -8.72. The van der Waals surface area contributed by atoms with Crippen LogP contribution in [0.25, 0.3) is 0 Å². The maximum absolute atomic E-state index is 13.6. The first kappa shape index (κ1) is 126. The highest BCUT2D eigenvalue weighted by molar-refractivity contribution is 6.45. The summed E-state index contributed by atoms with van der Waals surface area (Å²) in [4.78, 5) is 167. The molecule has 1 aliphatic heterocycles. The van der Waals surface area contributed by atoms with Gasteiger partial charge in [-0.2, -0.15) is 0 Å². The van der Waals surface area contributed by atoms with E-state index in [1.165, 1.54) is 0 Å². The molecule has 0 aliphatic carbocycles. The fraction of sp³-hybridized carbons (Fsp3) is 0.813. The van der Waals surface area contributed by atoms with Gasteiger partial charge in [-0.25, -0.2) is 72.2 Å². The number of carbonyl (C=O) groups is 13. The molecule has 38 nitrogen and oxygen atoms in total. The van der Waals surface area contributed by atoms with E-state index in [2.05, 4.69) is 16.0 Å². The van der Waals surface area contributed by atoms with Crippen LogP contribution in [0.4, 0.5) is 43.2 Å². The number of hydrogen-bond donors (Lipinski definition) is 9. The Bertz CT molecular complexity index is 3580. The Morgan fingerprint density at radius 2 is 0.626 bits per heavy atom. The minimum atomic E-state index is -1.35. The number of allylic oxidation sites excluding steroid dienone is 2. The predicted octanol–water partition coefficient (Wildman–Crippen LogP) is 16.6. The molecule has 40 heteroatoms. The molecule has 131 heavy (non-hydrogen) atoms. The summed E-state index contributed by atoms with van der Waals surface area (Å²) < 4.78 is 72.1. The lowest BCUT2D eigenvalue weighted by atomic mass is 9.79. The van der Waals surface area contributed by atoms with Gasteiger partial charge in [0.25, 0.3) is 0 Å². The summed E-state index contributed by atoms with van der Waals surface area (Å²) in [6, 6.07) is -4.59. The first-order valence-corrected chi connectivity index (χ1v) is 44.6. The Morgan fingerprint density at radius 1 is 0.366 bits per heavy atom. The number of nitrogens with two attached hydrogens (primary N) is 2. The highest BCUT2D eigenvalue weighted by Gasteiger charge is 2.51. The summed E-state index contributed by atoms with van der Waals surface area (Å²) in [5.74, 6) is -5.89. The molecule has 1 saturated heterocycles. The Labute approximate surface area is 780 Å². The lowest BCUT2D eigenvalue weighted by Gasteiger charge is -2.33. The molecule has 0 aromatic carbocycles. The molecule has 0 unspecified atom stereocenters. The summed E-state index contributed by atoms with van der Waals surface area (Å²) in [6.07, 6.45) is 2.31. The van der Waals surface area contributed by atoms with E-state index in [4.69, 9.17) is 88.0 Å². The molecule has 0 radical (unpaired) electrons. The van der Waals surface area contributed by atoms with Crippen LogP contribution in [0.3, 0.4) is 0 Å². The fourth-order valence-electron chi connectivity index (χ4n) is 11.5. The van der Waals surface area contributed by atoms with E-state index in [1.807, 2.05) is 27.7 Å². The summed E-state index contributed by atoms with van der Waals surface area (Å²) in [6.45, 7) is 67.0. The molecule has 0 saturated carbocycles. The SMILES string of the molecule is CC(C)(C)OC(=O)N[C@H](C(=O)OC(C)(C)C)[C@H](CCCB1OC(C)(C)C(C)(C)O1)CCN(C(=O)OC(C)(C)C)C(=O)OC(C)(C)C.CC=C[C@H](CCN(C(=O)OC(C)(C)C)C(=O)OC(C)(C)C)[C@H](NC(=O)OC(C)(C)C)C(=O)O.CC=C[C@H](CCN(C(=O)OC(C)(C)C)C(=O)OC(C)(C)C)[C@H](NC(=O)OC(C)(C)C)C(=O)OC(C)(C)C.NCC[C@@H](CCCB(O)O)[C@H](N)C(=O)O. The zero-order chi connectivity index (χ0) is 104. The normalized spacial score (nSPS) is 15.6. The Kier molecular flexibility index (Phi) is 51.5. The maximum atomic E-state index is 13.6. The van der Waals surface area contributed by atoms with Gasteiger partial charge in [0, 0.05) is 31.5 Å². The lowest BCUT2D eigenvalue weighted by Crippen LogP contribution is -2.51. The number of carboxylic acid groups (broad SMARTS) is 2. The molecule has 1 rings (SSSR count). The van der Waals surface area contributed by atoms with Crippen LogP contribution in [0.1, 0.15) is 321 Å². The number of ether oxygens (including phenoxy) is 11. The van der Waals surface area contributed by atoms with E-state index in [0.717, 1.165) is 14.7 Å². The van der Waals surface area contributed by atoms with Crippen LogP contribution < -0.4 is 27.4 Å². The first-order chi connectivity index (χ1) is 58.6. The second-order valence-electron chi connectivity index (χ2n) is 43.8. The monoisotopic (exact) mass is 1880 g/mol. The number of nitrogens with one attached hydrogen (secondary N) is 3. The van der Waals surface area contributed by atoms with Crippen molar-refractivity contribution >= 4 is 93.0 Å². The summed E-state index contributed by atoms with van der Waals surface area (Å²) >= 11 is 0. The summed E-state index contributed by atoms with van der Waals surface area (Å²) in [5.41, 5.74) is 0.566. The van der Waals surface area contributed by atoms with Crippen molar-refractivity contribution in [1.82, 2.24) is 30.7 Å². The minimum absolute atomic E-state index is 0.0234. The number of amides is 9. The van der Waals surface area contributed by atoms with Crippen molar-refractivity contribution in [1.29, 1.82) is 0 Å². The van der Waals surface area contributed by atoms with Crippen molar-refractivity contribution in [2.45, 2.75) is 431 Å². The van der Waals surface area contributed by atoms with Crippen LogP contribution in [0.15, 0.2) is 24.3 Å². The summed E-state index contributed by atoms with van der Waals surface area (Å²) in [7, 11) is -1.81. The molecule has 1 fully saturated rings. The molecular formula is C91H168B2N8O30.